The van der Waals surface area contributed by atoms with Crippen LogP contribution in [-0.4, -0.2) is 45.7 Å². The van der Waals surface area contributed by atoms with Crippen LogP contribution in [0.15, 0.2) is 54.9 Å². The second kappa shape index (κ2) is 8.04. The molecule has 3 rings (SSSR count). The molecule has 1 atom stereocenters. The van der Waals surface area contributed by atoms with Crippen LogP contribution < -0.4 is 0 Å². The third-order valence-electron chi connectivity index (χ3n) is 4.47. The molecule has 0 unspecified atom stereocenters. The molecular weight excluding hydrogens is 302 g/mol. The molecule has 1 amide bonds. The zero-order valence-corrected chi connectivity index (χ0v) is 13.7. The van der Waals surface area contributed by atoms with E-state index in [1.54, 1.807) is 24.5 Å². The standard InChI is InChI=1S/C19H23N3O2/c23-19(14-16-8-10-20-11-9-16)22(24)18(15-21-12-4-5-13-21)17-6-2-1-3-7-17/h1-3,6-11,18,24H,4-5,12-15H2/t18-/m1/s1. The molecular formula is C19H23N3O2. The van der Waals surface area contributed by atoms with Crippen molar-refractivity contribution in [3.05, 3.63) is 66.0 Å². The molecule has 2 heterocycles. The number of likely N-dealkylation sites (tertiary alicyclic amines) is 1. The largest absolute Gasteiger partial charge is 0.301 e. The van der Waals surface area contributed by atoms with E-state index in [1.165, 1.54) is 12.8 Å². The highest BCUT2D eigenvalue weighted by molar-refractivity contribution is 5.78. The highest BCUT2D eigenvalue weighted by Crippen LogP contribution is 2.23. The van der Waals surface area contributed by atoms with Gasteiger partial charge < -0.3 is 4.90 Å². The Labute approximate surface area is 142 Å². The lowest BCUT2D eigenvalue weighted by atomic mass is 10.1. The molecule has 0 spiro atoms. The maximum atomic E-state index is 12.5. The average molecular weight is 325 g/mol. The zero-order valence-electron chi connectivity index (χ0n) is 13.7. The number of nitrogens with zero attached hydrogens (tertiary/aromatic N) is 3. The first kappa shape index (κ1) is 16.6. The number of aromatic nitrogens is 1. The number of carbonyl (C=O) groups excluding carboxylic acids is 1. The minimum absolute atomic E-state index is 0.169. The molecule has 1 aromatic carbocycles. The van der Waals surface area contributed by atoms with Gasteiger partial charge in [-0.05, 0) is 49.2 Å². The van der Waals surface area contributed by atoms with Gasteiger partial charge in [-0.2, -0.15) is 0 Å². The van der Waals surface area contributed by atoms with Crippen LogP contribution in [0.4, 0.5) is 0 Å². The molecule has 0 aliphatic carbocycles. The van der Waals surface area contributed by atoms with Crippen molar-refractivity contribution in [2.24, 2.45) is 0 Å². The first-order chi connectivity index (χ1) is 11.7. The van der Waals surface area contributed by atoms with Crippen LogP contribution in [-0.2, 0) is 11.2 Å². The molecule has 126 valence electrons. The fourth-order valence-corrected chi connectivity index (χ4v) is 3.14. The van der Waals surface area contributed by atoms with Gasteiger partial charge in [0, 0.05) is 18.9 Å². The minimum atomic E-state index is -0.348. The average Bonchev–Trinajstić information content (AvgIpc) is 3.14. The lowest BCUT2D eigenvalue weighted by molar-refractivity contribution is -0.177. The predicted molar refractivity (Wildman–Crippen MR) is 91.4 cm³/mol. The van der Waals surface area contributed by atoms with E-state index in [0.717, 1.165) is 29.3 Å². The maximum absolute atomic E-state index is 12.5. The Balaban J connectivity index is 1.74. The summed E-state index contributed by atoms with van der Waals surface area (Å²) in [5.41, 5.74) is 1.80. The highest BCUT2D eigenvalue weighted by Gasteiger charge is 2.27. The molecule has 2 aromatic rings. The Kier molecular flexibility index (Phi) is 5.56. The van der Waals surface area contributed by atoms with Crippen LogP contribution in [0.5, 0.6) is 0 Å². The van der Waals surface area contributed by atoms with E-state index in [4.69, 9.17) is 0 Å². The van der Waals surface area contributed by atoms with Gasteiger partial charge in [-0.3, -0.25) is 15.0 Å². The van der Waals surface area contributed by atoms with Crippen molar-refractivity contribution < 1.29 is 10.0 Å². The molecule has 1 N–H and O–H groups in total. The number of rotatable bonds is 6. The second-order valence-corrected chi connectivity index (χ2v) is 6.20. The third-order valence-corrected chi connectivity index (χ3v) is 4.47. The number of amides is 1. The van der Waals surface area contributed by atoms with Gasteiger partial charge in [0.15, 0.2) is 0 Å². The number of hydrogen-bond donors (Lipinski definition) is 1. The number of benzene rings is 1. The van der Waals surface area contributed by atoms with Crippen LogP contribution in [0.25, 0.3) is 0 Å². The molecule has 1 aliphatic rings. The molecule has 1 aliphatic heterocycles. The summed E-state index contributed by atoms with van der Waals surface area (Å²) < 4.78 is 0. The summed E-state index contributed by atoms with van der Waals surface area (Å²) in [5, 5.41) is 11.5. The van der Waals surface area contributed by atoms with Crippen LogP contribution in [0.1, 0.15) is 30.0 Å². The summed E-state index contributed by atoms with van der Waals surface area (Å²) in [5.74, 6) is -0.297. The van der Waals surface area contributed by atoms with Gasteiger partial charge >= 0.3 is 0 Å². The van der Waals surface area contributed by atoms with Crippen molar-refractivity contribution in [2.45, 2.75) is 25.3 Å². The molecule has 1 fully saturated rings. The van der Waals surface area contributed by atoms with E-state index < -0.39 is 0 Å². The molecule has 0 bridgehead atoms. The smallest absolute Gasteiger partial charge is 0.250 e. The molecule has 0 saturated carbocycles. The summed E-state index contributed by atoms with van der Waals surface area (Å²) in [7, 11) is 0. The van der Waals surface area contributed by atoms with Crippen molar-refractivity contribution >= 4 is 5.91 Å². The first-order valence-corrected chi connectivity index (χ1v) is 8.41. The van der Waals surface area contributed by atoms with Gasteiger partial charge in [0.25, 0.3) is 5.91 Å². The van der Waals surface area contributed by atoms with E-state index in [2.05, 4.69) is 9.88 Å². The Morgan fingerprint density at radius 2 is 1.79 bits per heavy atom. The quantitative estimate of drug-likeness (QED) is 0.655. The number of carbonyl (C=O) groups is 1. The summed E-state index contributed by atoms with van der Waals surface area (Å²) >= 11 is 0. The SMILES string of the molecule is O=C(Cc1ccncc1)N(O)[C@H](CN1CCCC1)c1ccccc1. The van der Waals surface area contributed by atoms with Crippen LogP contribution >= 0.6 is 0 Å². The van der Waals surface area contributed by atoms with Crippen molar-refractivity contribution in [1.29, 1.82) is 0 Å². The minimum Gasteiger partial charge on any atom is -0.301 e. The lowest BCUT2D eigenvalue weighted by Crippen LogP contribution is -2.39. The van der Waals surface area contributed by atoms with Gasteiger partial charge in [0.2, 0.25) is 0 Å². The van der Waals surface area contributed by atoms with E-state index in [9.17, 15) is 10.0 Å². The van der Waals surface area contributed by atoms with Gasteiger partial charge in [-0.15, -0.1) is 0 Å². The predicted octanol–water partition coefficient (Wildman–Crippen LogP) is 2.68. The van der Waals surface area contributed by atoms with Crippen molar-refractivity contribution in [1.82, 2.24) is 14.9 Å². The highest BCUT2D eigenvalue weighted by atomic mass is 16.5. The summed E-state index contributed by atoms with van der Waals surface area (Å²) in [4.78, 5) is 18.8. The Bertz CT molecular complexity index is 642. The van der Waals surface area contributed by atoms with Crippen LogP contribution in [0, 0.1) is 0 Å². The number of pyridine rings is 1. The van der Waals surface area contributed by atoms with Gasteiger partial charge in [-0.1, -0.05) is 30.3 Å². The topological polar surface area (TPSA) is 56.7 Å². The van der Waals surface area contributed by atoms with Crippen molar-refractivity contribution in [3.8, 4) is 0 Å². The molecule has 5 heteroatoms. The Morgan fingerprint density at radius 3 is 2.46 bits per heavy atom. The van der Waals surface area contributed by atoms with Crippen LogP contribution in [0.3, 0.4) is 0 Å². The number of hydroxylamine groups is 2. The molecule has 1 aromatic heterocycles. The van der Waals surface area contributed by atoms with Gasteiger partial charge in [0.1, 0.15) is 0 Å². The molecule has 0 radical (unpaired) electrons. The monoisotopic (exact) mass is 325 g/mol. The maximum Gasteiger partial charge on any atom is 0.250 e. The first-order valence-electron chi connectivity index (χ1n) is 8.41. The van der Waals surface area contributed by atoms with Crippen molar-refractivity contribution in [2.75, 3.05) is 19.6 Å². The summed E-state index contributed by atoms with van der Waals surface area (Å²) in [6, 6.07) is 13.0. The van der Waals surface area contributed by atoms with Gasteiger partial charge in [0.05, 0.1) is 12.5 Å². The Morgan fingerprint density at radius 1 is 1.12 bits per heavy atom. The van der Waals surface area contributed by atoms with E-state index in [0.29, 0.717) is 6.54 Å². The third kappa shape index (κ3) is 4.19. The Hall–Kier alpha value is -2.24. The number of hydrogen-bond acceptors (Lipinski definition) is 4. The fourth-order valence-electron chi connectivity index (χ4n) is 3.14. The van der Waals surface area contributed by atoms with E-state index in [-0.39, 0.29) is 18.4 Å². The lowest BCUT2D eigenvalue weighted by Gasteiger charge is -2.30. The van der Waals surface area contributed by atoms with Crippen molar-refractivity contribution in [3.63, 3.8) is 0 Å². The fraction of sp³-hybridized carbons (Fsp3) is 0.368. The summed E-state index contributed by atoms with van der Waals surface area (Å²) in [6.07, 6.45) is 5.84. The molecule has 5 nitrogen and oxygen atoms in total. The van der Waals surface area contributed by atoms with Gasteiger partial charge in [-0.25, -0.2) is 5.06 Å². The second-order valence-electron chi connectivity index (χ2n) is 6.20. The molecule has 1 saturated heterocycles. The van der Waals surface area contributed by atoms with E-state index >= 15 is 0 Å². The normalized spacial score (nSPS) is 16.0. The van der Waals surface area contributed by atoms with E-state index in [1.807, 2.05) is 30.3 Å². The zero-order chi connectivity index (χ0) is 16.8. The summed E-state index contributed by atoms with van der Waals surface area (Å²) in [6.45, 7) is 2.70. The van der Waals surface area contributed by atoms with Crippen LogP contribution in [0.2, 0.25) is 0 Å². The molecule has 24 heavy (non-hydrogen) atoms.